The van der Waals surface area contributed by atoms with Crippen molar-refractivity contribution < 1.29 is 8.42 Å². The van der Waals surface area contributed by atoms with Crippen molar-refractivity contribution in [2.75, 3.05) is 11.5 Å². The molecule has 0 aromatic carbocycles. The Balaban J connectivity index is 2.01. The minimum absolute atomic E-state index is 0.403. The van der Waals surface area contributed by atoms with E-state index in [1.54, 1.807) is 0 Å². The third-order valence-electron chi connectivity index (χ3n) is 4.57. The molecular formula is C12H22O2S. The van der Waals surface area contributed by atoms with Gasteiger partial charge in [0.05, 0.1) is 11.5 Å². The van der Waals surface area contributed by atoms with Gasteiger partial charge in [0.15, 0.2) is 0 Å². The third-order valence-corrected chi connectivity index (χ3v) is 6.22. The maximum absolute atomic E-state index is 11.4. The largest absolute Gasteiger partial charge is 0.229 e. The molecule has 1 unspecified atom stereocenters. The molecule has 0 aromatic heterocycles. The molecule has 1 heterocycles. The fourth-order valence-corrected chi connectivity index (χ4v) is 4.94. The van der Waals surface area contributed by atoms with Gasteiger partial charge in [0, 0.05) is 0 Å². The quantitative estimate of drug-likeness (QED) is 0.694. The first-order valence-electron chi connectivity index (χ1n) is 6.13. The van der Waals surface area contributed by atoms with Gasteiger partial charge in [-0.05, 0) is 49.4 Å². The molecular weight excluding hydrogens is 208 g/mol. The standard InChI is InChI=1S/C12H22O2S/c1-10(2)11-3-4-12(9-11)5-7-15(13,14)8-6-12/h10-11H,3-9H2,1-2H3. The van der Waals surface area contributed by atoms with Crippen molar-refractivity contribution in [3.63, 3.8) is 0 Å². The molecule has 0 amide bonds. The summed E-state index contributed by atoms with van der Waals surface area (Å²) in [6.45, 7) is 4.59. The molecule has 0 radical (unpaired) electrons. The van der Waals surface area contributed by atoms with Gasteiger partial charge in [-0.15, -0.1) is 0 Å². The van der Waals surface area contributed by atoms with E-state index in [0.717, 1.165) is 24.7 Å². The van der Waals surface area contributed by atoms with Crippen LogP contribution in [0.1, 0.15) is 46.0 Å². The van der Waals surface area contributed by atoms with E-state index in [1.165, 1.54) is 19.3 Å². The van der Waals surface area contributed by atoms with Crippen LogP contribution in [0.15, 0.2) is 0 Å². The first kappa shape index (κ1) is 11.4. The van der Waals surface area contributed by atoms with Gasteiger partial charge in [0.2, 0.25) is 0 Å². The van der Waals surface area contributed by atoms with Crippen molar-refractivity contribution in [3.8, 4) is 0 Å². The molecule has 0 N–H and O–H groups in total. The molecule has 88 valence electrons. The van der Waals surface area contributed by atoms with Gasteiger partial charge in [-0.1, -0.05) is 13.8 Å². The molecule has 1 aliphatic heterocycles. The molecule has 2 rings (SSSR count). The van der Waals surface area contributed by atoms with Crippen LogP contribution < -0.4 is 0 Å². The highest BCUT2D eigenvalue weighted by atomic mass is 32.2. The van der Waals surface area contributed by atoms with Crippen LogP contribution in [0.5, 0.6) is 0 Å². The van der Waals surface area contributed by atoms with E-state index < -0.39 is 9.84 Å². The van der Waals surface area contributed by atoms with E-state index in [2.05, 4.69) is 13.8 Å². The highest BCUT2D eigenvalue weighted by Crippen LogP contribution is 2.51. The van der Waals surface area contributed by atoms with E-state index in [9.17, 15) is 8.42 Å². The zero-order valence-electron chi connectivity index (χ0n) is 9.83. The molecule has 0 bridgehead atoms. The zero-order valence-corrected chi connectivity index (χ0v) is 10.6. The minimum Gasteiger partial charge on any atom is -0.229 e. The van der Waals surface area contributed by atoms with Gasteiger partial charge in [-0.3, -0.25) is 0 Å². The second-order valence-electron chi connectivity index (χ2n) is 5.90. The molecule has 15 heavy (non-hydrogen) atoms. The molecule has 2 nitrogen and oxygen atoms in total. The smallest absolute Gasteiger partial charge is 0.150 e. The highest BCUT2D eigenvalue weighted by molar-refractivity contribution is 7.91. The Morgan fingerprint density at radius 3 is 2.20 bits per heavy atom. The number of rotatable bonds is 1. The lowest BCUT2D eigenvalue weighted by molar-refractivity contribution is 0.240. The minimum atomic E-state index is -2.68. The first-order chi connectivity index (χ1) is 6.93. The van der Waals surface area contributed by atoms with Crippen LogP contribution in [-0.4, -0.2) is 19.9 Å². The van der Waals surface area contributed by atoms with Crippen molar-refractivity contribution in [1.29, 1.82) is 0 Å². The summed E-state index contributed by atoms with van der Waals surface area (Å²) in [6, 6.07) is 0. The fraction of sp³-hybridized carbons (Fsp3) is 1.00. The van der Waals surface area contributed by atoms with E-state index in [0.29, 0.717) is 16.9 Å². The Kier molecular flexibility index (Phi) is 2.87. The monoisotopic (exact) mass is 230 g/mol. The summed E-state index contributed by atoms with van der Waals surface area (Å²) in [5.41, 5.74) is 0.403. The van der Waals surface area contributed by atoms with Crippen molar-refractivity contribution in [2.45, 2.75) is 46.0 Å². The van der Waals surface area contributed by atoms with Gasteiger partial charge < -0.3 is 0 Å². The molecule has 3 heteroatoms. The summed E-state index contributed by atoms with van der Waals surface area (Å²) in [5.74, 6) is 2.49. The van der Waals surface area contributed by atoms with Crippen molar-refractivity contribution >= 4 is 9.84 Å². The maximum atomic E-state index is 11.4. The van der Waals surface area contributed by atoms with Crippen LogP contribution in [0, 0.1) is 17.3 Å². The summed E-state index contributed by atoms with van der Waals surface area (Å²) in [5, 5.41) is 0. The van der Waals surface area contributed by atoms with Gasteiger partial charge in [0.25, 0.3) is 0 Å². The normalized spacial score (nSPS) is 33.7. The van der Waals surface area contributed by atoms with Gasteiger partial charge in [-0.2, -0.15) is 0 Å². The lowest BCUT2D eigenvalue weighted by atomic mass is 9.78. The molecule has 1 aliphatic carbocycles. The Morgan fingerprint density at radius 2 is 1.73 bits per heavy atom. The molecule has 0 aromatic rings. The van der Waals surface area contributed by atoms with E-state index in [-0.39, 0.29) is 0 Å². The fourth-order valence-electron chi connectivity index (χ4n) is 3.25. The predicted molar refractivity (Wildman–Crippen MR) is 62.5 cm³/mol. The van der Waals surface area contributed by atoms with Crippen molar-refractivity contribution in [2.24, 2.45) is 17.3 Å². The Labute approximate surface area is 93.4 Å². The molecule has 1 atom stereocenters. The Hall–Kier alpha value is -0.0500. The van der Waals surface area contributed by atoms with Crippen LogP contribution in [0.4, 0.5) is 0 Å². The third kappa shape index (κ3) is 2.38. The summed E-state index contributed by atoms with van der Waals surface area (Å²) in [7, 11) is -2.68. The van der Waals surface area contributed by atoms with Crippen LogP contribution in [0.25, 0.3) is 0 Å². The van der Waals surface area contributed by atoms with E-state index in [1.807, 2.05) is 0 Å². The lowest BCUT2D eigenvalue weighted by Gasteiger charge is -2.33. The van der Waals surface area contributed by atoms with E-state index in [4.69, 9.17) is 0 Å². The van der Waals surface area contributed by atoms with Crippen LogP contribution >= 0.6 is 0 Å². The topological polar surface area (TPSA) is 34.1 Å². The average Bonchev–Trinajstić information content (AvgIpc) is 2.56. The maximum Gasteiger partial charge on any atom is 0.150 e. The highest BCUT2D eigenvalue weighted by Gasteiger charge is 2.43. The summed E-state index contributed by atoms with van der Waals surface area (Å²) in [4.78, 5) is 0. The predicted octanol–water partition coefficient (Wildman–Crippen LogP) is 2.64. The second kappa shape index (κ2) is 3.76. The molecule has 1 spiro atoms. The van der Waals surface area contributed by atoms with Crippen LogP contribution in [0.3, 0.4) is 0 Å². The average molecular weight is 230 g/mol. The lowest BCUT2D eigenvalue weighted by Crippen LogP contribution is -2.31. The number of hydrogen-bond acceptors (Lipinski definition) is 2. The van der Waals surface area contributed by atoms with Gasteiger partial charge >= 0.3 is 0 Å². The molecule has 1 saturated carbocycles. The van der Waals surface area contributed by atoms with Gasteiger partial charge in [0.1, 0.15) is 9.84 Å². The van der Waals surface area contributed by atoms with Crippen molar-refractivity contribution in [1.82, 2.24) is 0 Å². The first-order valence-corrected chi connectivity index (χ1v) is 7.95. The molecule has 2 fully saturated rings. The molecule has 2 aliphatic rings. The van der Waals surface area contributed by atoms with E-state index >= 15 is 0 Å². The second-order valence-corrected chi connectivity index (χ2v) is 8.20. The summed E-state index contributed by atoms with van der Waals surface area (Å²) >= 11 is 0. The Morgan fingerprint density at radius 1 is 1.13 bits per heavy atom. The number of hydrogen-bond donors (Lipinski definition) is 0. The summed E-state index contributed by atoms with van der Waals surface area (Å²) < 4.78 is 22.8. The zero-order chi connectivity index (χ0) is 11.1. The number of sulfone groups is 1. The SMILES string of the molecule is CC(C)C1CCC2(CCS(=O)(=O)CC2)C1. The molecule has 1 saturated heterocycles. The van der Waals surface area contributed by atoms with Gasteiger partial charge in [-0.25, -0.2) is 8.42 Å². The Bertz CT molecular complexity index is 316. The summed E-state index contributed by atoms with van der Waals surface area (Å²) in [6.07, 6.45) is 5.72. The van der Waals surface area contributed by atoms with Crippen molar-refractivity contribution in [3.05, 3.63) is 0 Å². The van der Waals surface area contributed by atoms with Crippen LogP contribution in [0.2, 0.25) is 0 Å². The van der Waals surface area contributed by atoms with Crippen LogP contribution in [-0.2, 0) is 9.84 Å².